The molecule has 0 aliphatic heterocycles. The van der Waals surface area contributed by atoms with Gasteiger partial charge in [-0.2, -0.15) is 4.99 Å². The van der Waals surface area contributed by atoms with Gasteiger partial charge in [0.2, 0.25) is 6.08 Å². The maximum Gasteiger partial charge on any atom is 0.235 e. The number of rotatable bonds is 4. The topological polar surface area (TPSA) is 47.9 Å². The Morgan fingerprint density at radius 3 is 2.47 bits per heavy atom. The average molecular weight is 326 g/mol. The average Bonchev–Trinajstić information content (AvgIpc) is 2.37. The normalized spacial score (nSPS) is 16.2. The highest BCUT2D eigenvalue weighted by Crippen LogP contribution is 2.51. The van der Waals surface area contributed by atoms with E-state index in [0.29, 0.717) is 0 Å². The van der Waals surface area contributed by atoms with Gasteiger partial charge in [0.15, 0.2) is 0 Å². The van der Waals surface area contributed by atoms with Crippen LogP contribution in [-0.2, 0) is 10.3 Å². The highest BCUT2D eigenvalue weighted by molar-refractivity contribution is 9.10. The summed E-state index contributed by atoms with van der Waals surface area (Å²) in [6.45, 7) is 1.95. The molecule has 5 heteroatoms. The number of ether oxygens (including phenoxy) is 2. The van der Waals surface area contributed by atoms with Crippen LogP contribution in [0.15, 0.2) is 15.5 Å². The molecule has 0 N–H and O–H groups in total. The summed E-state index contributed by atoms with van der Waals surface area (Å²) in [4.78, 5) is 14.7. The van der Waals surface area contributed by atoms with Crippen LogP contribution < -0.4 is 9.47 Å². The minimum Gasteiger partial charge on any atom is -0.496 e. The summed E-state index contributed by atoms with van der Waals surface area (Å²) in [6, 6.07) is 1.92. The molecule has 1 aromatic rings. The van der Waals surface area contributed by atoms with Gasteiger partial charge < -0.3 is 9.47 Å². The van der Waals surface area contributed by atoms with Crippen molar-refractivity contribution in [3.05, 3.63) is 21.7 Å². The summed E-state index contributed by atoms with van der Waals surface area (Å²) in [5, 5.41) is 0. The zero-order valence-electron chi connectivity index (χ0n) is 11.2. The summed E-state index contributed by atoms with van der Waals surface area (Å²) in [5.74, 6) is 1.48. The van der Waals surface area contributed by atoms with Crippen molar-refractivity contribution < 1.29 is 14.3 Å². The number of hydrogen-bond acceptors (Lipinski definition) is 4. The molecule has 1 aliphatic rings. The number of hydrogen-bond donors (Lipinski definition) is 0. The summed E-state index contributed by atoms with van der Waals surface area (Å²) in [7, 11) is 3.24. The first-order valence-corrected chi connectivity index (χ1v) is 6.89. The van der Waals surface area contributed by atoms with Crippen molar-refractivity contribution in [3.63, 3.8) is 0 Å². The third-order valence-electron chi connectivity index (χ3n) is 3.78. The quantitative estimate of drug-likeness (QED) is 0.629. The van der Waals surface area contributed by atoms with Crippen molar-refractivity contribution in [2.45, 2.75) is 31.7 Å². The van der Waals surface area contributed by atoms with Crippen LogP contribution in [0.2, 0.25) is 0 Å². The van der Waals surface area contributed by atoms with Crippen LogP contribution in [0.25, 0.3) is 0 Å². The lowest BCUT2D eigenvalue weighted by atomic mass is 9.72. The molecule has 1 fully saturated rings. The van der Waals surface area contributed by atoms with Crippen LogP contribution in [0, 0.1) is 6.92 Å². The Labute approximate surface area is 120 Å². The molecular formula is C14H16BrNO3. The molecule has 0 bridgehead atoms. The predicted octanol–water partition coefficient (Wildman–Crippen LogP) is 3.49. The van der Waals surface area contributed by atoms with Gasteiger partial charge in [0, 0.05) is 11.1 Å². The molecular weight excluding hydrogens is 310 g/mol. The number of benzene rings is 1. The fraction of sp³-hybridized carbons (Fsp3) is 0.500. The minimum atomic E-state index is -0.503. The predicted molar refractivity (Wildman–Crippen MR) is 75.6 cm³/mol. The second kappa shape index (κ2) is 5.35. The Bertz CT molecular complexity index is 546. The molecule has 1 saturated carbocycles. The fourth-order valence-electron chi connectivity index (χ4n) is 2.50. The van der Waals surface area contributed by atoms with E-state index in [0.717, 1.165) is 46.4 Å². The van der Waals surface area contributed by atoms with Gasteiger partial charge in [0.1, 0.15) is 17.0 Å². The van der Waals surface area contributed by atoms with Crippen LogP contribution >= 0.6 is 15.9 Å². The first kappa shape index (κ1) is 14.1. The number of nitrogens with zero attached hydrogens (tertiary/aromatic N) is 1. The molecule has 0 spiro atoms. The van der Waals surface area contributed by atoms with Gasteiger partial charge in [-0.3, -0.25) is 0 Å². The zero-order valence-corrected chi connectivity index (χ0v) is 12.8. The van der Waals surface area contributed by atoms with E-state index in [1.165, 1.54) is 0 Å². The Hall–Kier alpha value is -1.32. The molecule has 0 atom stereocenters. The summed E-state index contributed by atoms with van der Waals surface area (Å²) in [6.07, 6.45) is 4.40. The number of halogens is 1. The molecule has 0 radical (unpaired) electrons. The van der Waals surface area contributed by atoms with E-state index < -0.39 is 5.54 Å². The van der Waals surface area contributed by atoms with Gasteiger partial charge in [0.05, 0.1) is 18.7 Å². The molecule has 0 unspecified atom stereocenters. The molecule has 4 nitrogen and oxygen atoms in total. The Morgan fingerprint density at radius 1 is 1.37 bits per heavy atom. The maximum absolute atomic E-state index is 10.7. The van der Waals surface area contributed by atoms with E-state index in [-0.39, 0.29) is 0 Å². The third kappa shape index (κ3) is 2.17. The fourth-order valence-corrected chi connectivity index (χ4v) is 3.07. The van der Waals surface area contributed by atoms with Crippen molar-refractivity contribution in [1.82, 2.24) is 0 Å². The first-order valence-electron chi connectivity index (χ1n) is 6.10. The molecule has 19 heavy (non-hydrogen) atoms. The Balaban J connectivity index is 2.68. The van der Waals surface area contributed by atoms with Crippen molar-refractivity contribution in [3.8, 4) is 11.5 Å². The first-order chi connectivity index (χ1) is 9.09. The highest BCUT2D eigenvalue weighted by atomic mass is 79.9. The van der Waals surface area contributed by atoms with E-state index in [1.54, 1.807) is 20.3 Å². The largest absolute Gasteiger partial charge is 0.496 e. The number of carbonyl (C=O) groups excluding carboxylic acids is 1. The van der Waals surface area contributed by atoms with Crippen LogP contribution in [0.4, 0.5) is 0 Å². The van der Waals surface area contributed by atoms with Gasteiger partial charge in [-0.1, -0.05) is 0 Å². The van der Waals surface area contributed by atoms with Crippen LogP contribution in [0.5, 0.6) is 11.5 Å². The second-order valence-corrected chi connectivity index (χ2v) is 5.48. The molecule has 1 aromatic carbocycles. The monoisotopic (exact) mass is 325 g/mol. The number of isocyanates is 1. The molecule has 2 rings (SSSR count). The van der Waals surface area contributed by atoms with Crippen LogP contribution in [-0.4, -0.2) is 20.3 Å². The molecule has 0 saturated heterocycles. The van der Waals surface area contributed by atoms with Crippen LogP contribution in [0.3, 0.4) is 0 Å². The SMILES string of the molecule is COc1cc(C2(N=C=O)CCC2)c(OC)c(Br)c1C. The summed E-state index contributed by atoms with van der Waals surface area (Å²) < 4.78 is 11.7. The molecule has 102 valence electrons. The van der Waals surface area contributed by atoms with Crippen molar-refractivity contribution in [2.24, 2.45) is 4.99 Å². The van der Waals surface area contributed by atoms with E-state index >= 15 is 0 Å². The maximum atomic E-state index is 10.7. The lowest BCUT2D eigenvalue weighted by molar-refractivity contribution is 0.244. The lowest BCUT2D eigenvalue weighted by Crippen LogP contribution is -2.32. The number of aliphatic imine (C=N–C) groups is 1. The Morgan fingerprint density at radius 2 is 2.05 bits per heavy atom. The van der Waals surface area contributed by atoms with E-state index in [1.807, 2.05) is 13.0 Å². The molecule has 1 aliphatic carbocycles. The van der Waals surface area contributed by atoms with Gasteiger partial charge >= 0.3 is 0 Å². The third-order valence-corrected chi connectivity index (χ3v) is 4.74. The van der Waals surface area contributed by atoms with E-state index in [9.17, 15) is 4.79 Å². The lowest BCUT2D eigenvalue weighted by Gasteiger charge is -2.38. The number of methoxy groups -OCH3 is 2. The van der Waals surface area contributed by atoms with Crippen molar-refractivity contribution in [2.75, 3.05) is 14.2 Å². The van der Waals surface area contributed by atoms with Crippen LogP contribution in [0.1, 0.15) is 30.4 Å². The van der Waals surface area contributed by atoms with Gasteiger partial charge in [0.25, 0.3) is 0 Å². The zero-order chi connectivity index (χ0) is 14.0. The molecule has 0 amide bonds. The standard InChI is InChI=1S/C14H16BrNO3/c1-9-11(18-2)7-10(13(19-3)12(9)15)14(16-8-17)5-4-6-14/h7H,4-6H2,1-3H3. The van der Waals surface area contributed by atoms with Crippen molar-refractivity contribution in [1.29, 1.82) is 0 Å². The van der Waals surface area contributed by atoms with E-state index in [2.05, 4.69) is 20.9 Å². The minimum absolute atomic E-state index is 0.503. The molecule has 0 aromatic heterocycles. The van der Waals surface area contributed by atoms with Gasteiger partial charge in [-0.15, -0.1) is 0 Å². The van der Waals surface area contributed by atoms with E-state index in [4.69, 9.17) is 9.47 Å². The summed E-state index contributed by atoms with van der Waals surface area (Å²) in [5.41, 5.74) is 1.35. The molecule has 0 heterocycles. The Kier molecular flexibility index (Phi) is 3.97. The highest BCUT2D eigenvalue weighted by Gasteiger charge is 2.42. The smallest absolute Gasteiger partial charge is 0.235 e. The second-order valence-electron chi connectivity index (χ2n) is 4.69. The summed E-state index contributed by atoms with van der Waals surface area (Å²) >= 11 is 3.53. The van der Waals surface area contributed by atoms with Gasteiger partial charge in [-0.25, -0.2) is 4.79 Å². The van der Waals surface area contributed by atoms with Crippen molar-refractivity contribution >= 4 is 22.0 Å². The van der Waals surface area contributed by atoms with Gasteiger partial charge in [-0.05, 0) is 48.2 Å².